The van der Waals surface area contributed by atoms with Crippen molar-refractivity contribution < 1.29 is 9.59 Å². The van der Waals surface area contributed by atoms with E-state index in [0.717, 1.165) is 24.9 Å². The first kappa shape index (κ1) is 15.9. The number of carbonyl (C=O) groups is 2. The summed E-state index contributed by atoms with van der Waals surface area (Å²) in [4.78, 5) is 27.2. The molecule has 4 heteroatoms. The van der Waals surface area contributed by atoms with Crippen molar-refractivity contribution in [2.45, 2.75) is 38.1 Å². The van der Waals surface area contributed by atoms with Gasteiger partial charge >= 0.3 is 0 Å². The van der Waals surface area contributed by atoms with E-state index in [2.05, 4.69) is 11.4 Å². The molecule has 1 aliphatic heterocycles. The van der Waals surface area contributed by atoms with Gasteiger partial charge in [0.1, 0.15) is 0 Å². The number of hydrogen-bond acceptors (Lipinski definition) is 2. The fourth-order valence-corrected chi connectivity index (χ4v) is 3.84. The summed E-state index contributed by atoms with van der Waals surface area (Å²) in [5.74, 6) is -0.121. The number of amides is 2. The van der Waals surface area contributed by atoms with Gasteiger partial charge in [-0.3, -0.25) is 9.59 Å². The minimum absolute atomic E-state index is 0.0412. The molecule has 2 aliphatic rings. The molecule has 0 spiro atoms. The minimum Gasteiger partial charge on any atom is -0.349 e. The van der Waals surface area contributed by atoms with Crippen LogP contribution in [0.3, 0.4) is 0 Å². The highest BCUT2D eigenvalue weighted by atomic mass is 16.2. The highest BCUT2D eigenvalue weighted by Crippen LogP contribution is 2.29. The number of fused-ring (bicyclic) bond motifs is 1. The Morgan fingerprint density at radius 2 is 1.72 bits per heavy atom. The molecule has 1 N–H and O–H groups in total. The van der Waals surface area contributed by atoms with Crippen LogP contribution in [0, 0.1) is 0 Å². The fraction of sp³-hybridized carbons (Fsp3) is 0.333. The predicted octanol–water partition coefficient (Wildman–Crippen LogP) is 3.56. The molecule has 0 aromatic heterocycles. The van der Waals surface area contributed by atoms with Gasteiger partial charge in [-0.1, -0.05) is 37.1 Å². The van der Waals surface area contributed by atoms with Gasteiger partial charge in [-0.15, -0.1) is 0 Å². The molecule has 1 saturated carbocycles. The molecule has 4 rings (SSSR count). The number of nitrogens with zero attached hydrogens (tertiary/aromatic N) is 1. The predicted molar refractivity (Wildman–Crippen MR) is 98.0 cm³/mol. The van der Waals surface area contributed by atoms with Crippen molar-refractivity contribution in [3.05, 3.63) is 65.2 Å². The van der Waals surface area contributed by atoms with E-state index >= 15 is 0 Å². The third kappa shape index (κ3) is 3.16. The molecule has 0 saturated heterocycles. The van der Waals surface area contributed by atoms with Crippen LogP contribution < -0.4 is 10.2 Å². The Labute approximate surface area is 147 Å². The molecule has 0 bridgehead atoms. The third-order valence-electron chi connectivity index (χ3n) is 5.19. The Kier molecular flexibility index (Phi) is 4.26. The molecule has 4 nitrogen and oxygen atoms in total. The minimum atomic E-state index is -0.0802. The lowest BCUT2D eigenvalue weighted by Gasteiger charge is -2.18. The van der Waals surface area contributed by atoms with Crippen LogP contribution in [-0.2, 0) is 6.42 Å². The van der Waals surface area contributed by atoms with Gasteiger partial charge < -0.3 is 10.2 Å². The lowest BCUT2D eigenvalue weighted by atomic mass is 10.1. The van der Waals surface area contributed by atoms with Gasteiger partial charge in [-0.05, 0) is 49.1 Å². The summed E-state index contributed by atoms with van der Waals surface area (Å²) < 4.78 is 0. The summed E-state index contributed by atoms with van der Waals surface area (Å²) in [6, 6.07) is 15.3. The van der Waals surface area contributed by atoms with Gasteiger partial charge in [-0.25, -0.2) is 0 Å². The summed E-state index contributed by atoms with van der Waals surface area (Å²) in [5.41, 5.74) is 3.31. The first-order valence-corrected chi connectivity index (χ1v) is 9.03. The van der Waals surface area contributed by atoms with E-state index < -0.39 is 0 Å². The van der Waals surface area contributed by atoms with Crippen molar-refractivity contribution in [3.63, 3.8) is 0 Å². The van der Waals surface area contributed by atoms with Crippen LogP contribution in [0.25, 0.3) is 0 Å². The van der Waals surface area contributed by atoms with Gasteiger partial charge in [0.15, 0.2) is 0 Å². The van der Waals surface area contributed by atoms with Crippen molar-refractivity contribution in [1.29, 1.82) is 0 Å². The SMILES string of the molecule is O=C(NC1CCCC1)c1cccc(C(=O)N2CCc3ccccc32)c1. The normalized spacial score (nSPS) is 16.7. The standard InChI is InChI=1S/C21H22N2O2/c24-20(22-18-9-2-3-10-18)16-7-5-8-17(14-16)21(25)23-13-12-15-6-1-4-11-19(15)23/h1,4-8,11,14,18H,2-3,9-10,12-13H2,(H,22,24). The molecule has 1 aliphatic carbocycles. The maximum absolute atomic E-state index is 12.9. The molecule has 0 radical (unpaired) electrons. The Morgan fingerprint density at radius 1 is 0.960 bits per heavy atom. The van der Waals surface area contributed by atoms with Crippen LogP contribution in [0.2, 0.25) is 0 Å². The lowest BCUT2D eigenvalue weighted by Crippen LogP contribution is -2.33. The van der Waals surface area contributed by atoms with E-state index in [0.29, 0.717) is 17.7 Å². The topological polar surface area (TPSA) is 49.4 Å². The molecule has 128 valence electrons. The second-order valence-electron chi connectivity index (χ2n) is 6.87. The van der Waals surface area contributed by atoms with Crippen LogP contribution in [0.1, 0.15) is 52.0 Å². The van der Waals surface area contributed by atoms with Gasteiger partial charge in [0.05, 0.1) is 0 Å². The van der Waals surface area contributed by atoms with Crippen molar-refractivity contribution >= 4 is 17.5 Å². The van der Waals surface area contributed by atoms with Crippen LogP contribution in [-0.4, -0.2) is 24.4 Å². The molecule has 1 heterocycles. The van der Waals surface area contributed by atoms with E-state index in [-0.39, 0.29) is 17.9 Å². The number of nitrogens with one attached hydrogen (secondary N) is 1. The highest BCUT2D eigenvalue weighted by Gasteiger charge is 2.26. The van der Waals surface area contributed by atoms with Crippen molar-refractivity contribution in [1.82, 2.24) is 5.32 Å². The second-order valence-corrected chi connectivity index (χ2v) is 6.87. The zero-order chi connectivity index (χ0) is 17.2. The molecule has 2 aromatic rings. The summed E-state index contributed by atoms with van der Waals surface area (Å²) in [5, 5.41) is 3.08. The zero-order valence-electron chi connectivity index (χ0n) is 14.2. The smallest absolute Gasteiger partial charge is 0.258 e. The Bertz CT molecular complexity index is 809. The number of carbonyl (C=O) groups excluding carboxylic acids is 2. The fourth-order valence-electron chi connectivity index (χ4n) is 3.84. The molecule has 2 aromatic carbocycles. The van der Waals surface area contributed by atoms with Crippen LogP contribution in [0.4, 0.5) is 5.69 Å². The second kappa shape index (κ2) is 6.71. The van der Waals surface area contributed by atoms with E-state index in [1.807, 2.05) is 23.1 Å². The van der Waals surface area contributed by atoms with E-state index in [1.165, 1.54) is 18.4 Å². The first-order chi connectivity index (χ1) is 12.2. The lowest BCUT2D eigenvalue weighted by molar-refractivity contribution is 0.0938. The quantitative estimate of drug-likeness (QED) is 0.933. The van der Waals surface area contributed by atoms with Gasteiger partial charge in [0, 0.05) is 29.4 Å². The number of benzene rings is 2. The Balaban J connectivity index is 1.53. The number of rotatable bonds is 3. The molecule has 2 amide bonds. The monoisotopic (exact) mass is 334 g/mol. The summed E-state index contributed by atoms with van der Waals surface area (Å²) in [6.45, 7) is 0.691. The number of para-hydroxylation sites is 1. The van der Waals surface area contributed by atoms with Gasteiger partial charge in [0.2, 0.25) is 0 Å². The van der Waals surface area contributed by atoms with Gasteiger partial charge in [-0.2, -0.15) is 0 Å². The average molecular weight is 334 g/mol. The molecule has 0 unspecified atom stereocenters. The van der Waals surface area contributed by atoms with Crippen LogP contribution in [0.15, 0.2) is 48.5 Å². The molecular weight excluding hydrogens is 312 g/mol. The number of anilines is 1. The molecule has 1 fully saturated rings. The van der Waals surface area contributed by atoms with Crippen molar-refractivity contribution in [2.75, 3.05) is 11.4 Å². The van der Waals surface area contributed by atoms with E-state index in [9.17, 15) is 9.59 Å². The molecule has 0 atom stereocenters. The number of hydrogen-bond donors (Lipinski definition) is 1. The van der Waals surface area contributed by atoms with E-state index in [4.69, 9.17) is 0 Å². The third-order valence-corrected chi connectivity index (χ3v) is 5.19. The van der Waals surface area contributed by atoms with Crippen molar-refractivity contribution in [2.24, 2.45) is 0 Å². The first-order valence-electron chi connectivity index (χ1n) is 9.03. The maximum Gasteiger partial charge on any atom is 0.258 e. The van der Waals surface area contributed by atoms with Crippen LogP contribution in [0.5, 0.6) is 0 Å². The van der Waals surface area contributed by atoms with Gasteiger partial charge in [0.25, 0.3) is 11.8 Å². The molecule has 25 heavy (non-hydrogen) atoms. The average Bonchev–Trinajstić information content (AvgIpc) is 3.30. The highest BCUT2D eigenvalue weighted by molar-refractivity contribution is 6.08. The zero-order valence-corrected chi connectivity index (χ0v) is 14.2. The van der Waals surface area contributed by atoms with E-state index in [1.54, 1.807) is 24.3 Å². The summed E-state index contributed by atoms with van der Waals surface area (Å²) in [7, 11) is 0. The summed E-state index contributed by atoms with van der Waals surface area (Å²) in [6.07, 6.45) is 5.34. The largest absolute Gasteiger partial charge is 0.349 e. The summed E-state index contributed by atoms with van der Waals surface area (Å²) >= 11 is 0. The maximum atomic E-state index is 12.9. The molecular formula is C21H22N2O2. The van der Waals surface area contributed by atoms with Crippen molar-refractivity contribution in [3.8, 4) is 0 Å². The Hall–Kier alpha value is -2.62. The van der Waals surface area contributed by atoms with Crippen LogP contribution >= 0.6 is 0 Å². The Morgan fingerprint density at radius 3 is 2.56 bits per heavy atom.